The number of benzene rings is 1. The van der Waals surface area contributed by atoms with Gasteiger partial charge in [0.15, 0.2) is 0 Å². The lowest BCUT2D eigenvalue weighted by Gasteiger charge is -2.32. The summed E-state index contributed by atoms with van der Waals surface area (Å²) in [6.45, 7) is 6.63. The average Bonchev–Trinajstić information content (AvgIpc) is 2.78. The van der Waals surface area contributed by atoms with E-state index in [1.807, 2.05) is 0 Å². The summed E-state index contributed by atoms with van der Waals surface area (Å²) in [6, 6.07) is 8.71. The molecule has 0 bridgehead atoms. The van der Waals surface area contributed by atoms with Crippen molar-refractivity contribution in [3.63, 3.8) is 0 Å². The van der Waals surface area contributed by atoms with Crippen LogP contribution in [0, 0.1) is 0 Å². The standard InChI is InChI=1S/C26H27N/c1-20-10-6-7-11-21(2)27(26-15-9-8-14-25(20)26)24-18-16-23(17-19-24)22-12-4-3-5-13-22/h3-4,6-12,14-16,18,20H,2,5,13,17,19H2,1H3/b10-6-,11-7-. The van der Waals surface area contributed by atoms with Gasteiger partial charge >= 0.3 is 0 Å². The Morgan fingerprint density at radius 1 is 0.926 bits per heavy atom. The van der Waals surface area contributed by atoms with Gasteiger partial charge in [-0.25, -0.2) is 0 Å². The number of anilines is 1. The van der Waals surface area contributed by atoms with E-state index in [2.05, 4.69) is 97.4 Å². The highest BCUT2D eigenvalue weighted by atomic mass is 15.2. The van der Waals surface area contributed by atoms with Crippen molar-refractivity contribution in [3.05, 3.63) is 114 Å². The van der Waals surface area contributed by atoms with Crippen LogP contribution in [0.4, 0.5) is 5.69 Å². The molecule has 0 N–H and O–H groups in total. The van der Waals surface area contributed by atoms with Gasteiger partial charge in [-0.15, -0.1) is 0 Å². The highest BCUT2D eigenvalue weighted by Crippen LogP contribution is 2.38. The fraction of sp³-hybridized carbons (Fsp3) is 0.231. The Kier molecular flexibility index (Phi) is 5.11. The van der Waals surface area contributed by atoms with E-state index in [1.165, 1.54) is 28.1 Å². The SMILES string of the molecule is C=C1/C=C\C=C/C(C)c2ccccc2N1C1=CC=C(C2=CC=CCC2)CC1. The second-order valence-corrected chi connectivity index (χ2v) is 7.43. The topological polar surface area (TPSA) is 3.24 Å². The molecule has 1 unspecified atom stereocenters. The minimum atomic E-state index is 0.369. The molecule has 1 aromatic carbocycles. The van der Waals surface area contributed by atoms with Gasteiger partial charge in [0.05, 0.1) is 0 Å². The van der Waals surface area contributed by atoms with Gasteiger partial charge < -0.3 is 4.90 Å². The lowest BCUT2D eigenvalue weighted by molar-refractivity contribution is 0.838. The van der Waals surface area contributed by atoms with E-state index in [0.717, 1.165) is 31.4 Å². The Labute approximate surface area is 163 Å². The molecule has 3 aliphatic rings. The van der Waals surface area contributed by atoms with Crippen LogP contribution < -0.4 is 4.90 Å². The molecule has 0 saturated heterocycles. The van der Waals surface area contributed by atoms with Crippen LogP contribution in [0.2, 0.25) is 0 Å². The van der Waals surface area contributed by atoms with E-state index < -0.39 is 0 Å². The second kappa shape index (κ2) is 7.84. The monoisotopic (exact) mass is 353 g/mol. The molecule has 1 atom stereocenters. The van der Waals surface area contributed by atoms with Gasteiger partial charge in [0.25, 0.3) is 0 Å². The number of nitrogens with zero attached hydrogens (tertiary/aromatic N) is 1. The van der Waals surface area contributed by atoms with Gasteiger partial charge in [0.2, 0.25) is 0 Å². The third-order valence-corrected chi connectivity index (χ3v) is 5.60. The Morgan fingerprint density at radius 2 is 1.78 bits per heavy atom. The Bertz CT molecular complexity index is 917. The maximum atomic E-state index is 4.37. The first-order chi connectivity index (χ1) is 13.2. The number of hydrogen-bond donors (Lipinski definition) is 0. The summed E-state index contributed by atoms with van der Waals surface area (Å²) in [5.41, 5.74) is 7.90. The molecule has 1 heteroatoms. The predicted molar refractivity (Wildman–Crippen MR) is 117 cm³/mol. The summed E-state index contributed by atoms with van der Waals surface area (Å²) >= 11 is 0. The summed E-state index contributed by atoms with van der Waals surface area (Å²) in [5, 5.41) is 0. The second-order valence-electron chi connectivity index (χ2n) is 7.43. The summed E-state index contributed by atoms with van der Waals surface area (Å²) in [6.07, 6.45) is 24.4. The molecule has 4 rings (SSSR count). The van der Waals surface area contributed by atoms with Crippen molar-refractivity contribution in [2.24, 2.45) is 0 Å². The zero-order valence-electron chi connectivity index (χ0n) is 16.1. The van der Waals surface area contributed by atoms with Crippen LogP contribution in [-0.2, 0) is 0 Å². The van der Waals surface area contributed by atoms with E-state index in [4.69, 9.17) is 0 Å². The Morgan fingerprint density at radius 3 is 2.56 bits per heavy atom. The maximum Gasteiger partial charge on any atom is 0.0496 e. The Balaban J connectivity index is 1.73. The van der Waals surface area contributed by atoms with Crippen molar-refractivity contribution in [3.8, 4) is 0 Å². The number of hydrogen-bond acceptors (Lipinski definition) is 1. The van der Waals surface area contributed by atoms with Gasteiger partial charge in [-0.1, -0.05) is 74.2 Å². The summed E-state index contributed by atoms with van der Waals surface area (Å²) in [5.74, 6) is 0.369. The van der Waals surface area contributed by atoms with Gasteiger partial charge in [-0.05, 0) is 60.6 Å². The normalized spacial score (nSPS) is 24.6. The van der Waals surface area contributed by atoms with Crippen LogP contribution in [0.15, 0.2) is 108 Å². The van der Waals surface area contributed by atoms with Crippen LogP contribution >= 0.6 is 0 Å². The van der Waals surface area contributed by atoms with Crippen LogP contribution in [0.5, 0.6) is 0 Å². The molecule has 0 amide bonds. The number of para-hydroxylation sites is 1. The minimum Gasteiger partial charge on any atom is -0.315 e. The largest absolute Gasteiger partial charge is 0.315 e. The van der Waals surface area contributed by atoms with E-state index in [1.54, 1.807) is 0 Å². The van der Waals surface area contributed by atoms with Gasteiger partial charge in [0.1, 0.15) is 0 Å². The fourth-order valence-corrected chi connectivity index (χ4v) is 4.10. The van der Waals surface area contributed by atoms with Gasteiger partial charge in [-0.3, -0.25) is 0 Å². The van der Waals surface area contributed by atoms with Crippen LogP contribution in [0.3, 0.4) is 0 Å². The Hall–Kier alpha value is -2.80. The molecule has 0 saturated carbocycles. The first-order valence-corrected chi connectivity index (χ1v) is 9.92. The zero-order chi connectivity index (χ0) is 18.6. The van der Waals surface area contributed by atoms with Crippen molar-refractivity contribution in [2.75, 3.05) is 4.90 Å². The number of fused-ring (bicyclic) bond motifs is 1. The van der Waals surface area contributed by atoms with Crippen molar-refractivity contribution in [1.29, 1.82) is 0 Å². The summed E-state index contributed by atoms with van der Waals surface area (Å²) < 4.78 is 0. The van der Waals surface area contributed by atoms with E-state index >= 15 is 0 Å². The zero-order valence-corrected chi connectivity index (χ0v) is 16.1. The molecule has 0 fully saturated rings. The molecule has 1 nitrogen and oxygen atoms in total. The van der Waals surface area contributed by atoms with Gasteiger partial charge in [0, 0.05) is 23.0 Å². The molecular weight excluding hydrogens is 326 g/mol. The van der Waals surface area contributed by atoms with E-state index in [-0.39, 0.29) is 0 Å². The third kappa shape index (κ3) is 3.68. The minimum absolute atomic E-state index is 0.369. The van der Waals surface area contributed by atoms with Crippen LogP contribution in [-0.4, -0.2) is 0 Å². The molecule has 0 radical (unpaired) electrons. The average molecular weight is 354 g/mol. The molecular formula is C26H27N. The molecule has 1 aromatic rings. The highest BCUT2D eigenvalue weighted by molar-refractivity contribution is 5.67. The van der Waals surface area contributed by atoms with Crippen molar-refractivity contribution in [2.45, 2.75) is 38.5 Å². The van der Waals surface area contributed by atoms with E-state index in [9.17, 15) is 0 Å². The lowest BCUT2D eigenvalue weighted by atomic mass is 9.90. The van der Waals surface area contributed by atoms with Crippen molar-refractivity contribution >= 4 is 5.69 Å². The summed E-state index contributed by atoms with van der Waals surface area (Å²) in [7, 11) is 0. The van der Waals surface area contributed by atoms with Gasteiger partial charge in [-0.2, -0.15) is 0 Å². The predicted octanol–water partition coefficient (Wildman–Crippen LogP) is 7.12. The molecule has 2 aliphatic carbocycles. The molecule has 1 aliphatic heterocycles. The maximum absolute atomic E-state index is 4.37. The quantitative estimate of drug-likeness (QED) is 0.547. The van der Waals surface area contributed by atoms with E-state index in [0.29, 0.717) is 5.92 Å². The highest BCUT2D eigenvalue weighted by Gasteiger charge is 2.22. The van der Waals surface area contributed by atoms with Crippen LogP contribution in [0.1, 0.15) is 44.1 Å². The molecule has 0 aromatic heterocycles. The smallest absolute Gasteiger partial charge is 0.0496 e. The molecule has 0 spiro atoms. The lowest BCUT2D eigenvalue weighted by Crippen LogP contribution is -2.23. The molecule has 27 heavy (non-hydrogen) atoms. The van der Waals surface area contributed by atoms with Crippen molar-refractivity contribution < 1.29 is 0 Å². The number of rotatable bonds is 2. The summed E-state index contributed by atoms with van der Waals surface area (Å²) in [4.78, 5) is 2.35. The molecule has 1 heterocycles. The first kappa shape index (κ1) is 17.6. The van der Waals surface area contributed by atoms with Crippen LogP contribution in [0.25, 0.3) is 0 Å². The third-order valence-electron chi connectivity index (χ3n) is 5.60. The molecule has 136 valence electrons. The first-order valence-electron chi connectivity index (χ1n) is 9.92. The van der Waals surface area contributed by atoms with Crippen molar-refractivity contribution in [1.82, 2.24) is 0 Å². The number of allylic oxidation sites excluding steroid dienone is 12. The fourth-order valence-electron chi connectivity index (χ4n) is 4.10.